The first-order valence-electron chi connectivity index (χ1n) is 12.2. The fraction of sp³-hybridized carbons (Fsp3) is 0.276. The van der Waals surface area contributed by atoms with Crippen LogP contribution in [0.15, 0.2) is 73.1 Å². The van der Waals surface area contributed by atoms with Gasteiger partial charge in [-0.05, 0) is 113 Å². The molecule has 2 atom stereocenters. The van der Waals surface area contributed by atoms with Crippen molar-refractivity contribution in [1.82, 2.24) is 19.9 Å². The van der Waals surface area contributed by atoms with Gasteiger partial charge in [0.1, 0.15) is 11.6 Å². The maximum atomic E-state index is 5.91. The van der Waals surface area contributed by atoms with E-state index in [1.807, 2.05) is 56.6 Å². The summed E-state index contributed by atoms with van der Waals surface area (Å²) < 4.78 is 8.09. The maximum Gasteiger partial charge on any atom is 0.174 e. The predicted molar refractivity (Wildman–Crippen MR) is 148 cm³/mol. The van der Waals surface area contributed by atoms with Crippen molar-refractivity contribution in [3.8, 4) is 11.6 Å². The van der Waals surface area contributed by atoms with Crippen molar-refractivity contribution < 1.29 is 4.74 Å². The van der Waals surface area contributed by atoms with Gasteiger partial charge in [0.05, 0.1) is 23.9 Å². The van der Waals surface area contributed by atoms with E-state index in [4.69, 9.17) is 17.0 Å². The van der Waals surface area contributed by atoms with Gasteiger partial charge in [0.25, 0.3) is 0 Å². The van der Waals surface area contributed by atoms with Crippen molar-refractivity contribution >= 4 is 23.0 Å². The lowest BCUT2D eigenvalue weighted by Gasteiger charge is -2.28. The molecule has 0 radical (unpaired) electrons. The van der Waals surface area contributed by atoms with Crippen LogP contribution in [-0.2, 0) is 0 Å². The second-order valence-electron chi connectivity index (χ2n) is 9.51. The van der Waals surface area contributed by atoms with E-state index in [2.05, 4.69) is 75.9 Å². The molecule has 0 amide bonds. The van der Waals surface area contributed by atoms with E-state index >= 15 is 0 Å². The highest BCUT2D eigenvalue weighted by molar-refractivity contribution is 7.80. The van der Waals surface area contributed by atoms with E-state index in [0.717, 1.165) is 34.3 Å². The summed E-state index contributed by atoms with van der Waals surface area (Å²) in [4.78, 5) is 11.5. The van der Waals surface area contributed by atoms with Crippen LogP contribution in [-0.4, -0.2) is 25.8 Å². The highest BCUT2D eigenvalue weighted by Crippen LogP contribution is 2.44. The van der Waals surface area contributed by atoms with Gasteiger partial charge in [0.15, 0.2) is 5.11 Å². The minimum Gasteiger partial charge on any atom is -0.491 e. The largest absolute Gasteiger partial charge is 0.491 e. The van der Waals surface area contributed by atoms with Gasteiger partial charge in [-0.2, -0.15) is 0 Å². The smallest absolute Gasteiger partial charge is 0.174 e. The van der Waals surface area contributed by atoms with Gasteiger partial charge in [-0.15, -0.1) is 0 Å². The standard InChI is InChI=1S/C29H31N5OS/c1-18(2)35-23-11-9-22(10-12-23)34-28(27(32-29(34)36)25-8-6-7-14-30-25)24-17-20(4)33(21(24)5)26-16-19(3)13-15-31-26/h6-18,27-28H,1-5H3,(H,32,36). The lowest BCUT2D eigenvalue weighted by Crippen LogP contribution is -2.29. The summed E-state index contributed by atoms with van der Waals surface area (Å²) in [6.07, 6.45) is 3.81. The first-order chi connectivity index (χ1) is 17.3. The molecular formula is C29H31N5OS. The van der Waals surface area contributed by atoms with Crippen molar-refractivity contribution in [1.29, 1.82) is 0 Å². The quantitative estimate of drug-likeness (QED) is 0.322. The first-order valence-corrected chi connectivity index (χ1v) is 12.6. The van der Waals surface area contributed by atoms with Crippen molar-refractivity contribution in [2.45, 2.75) is 52.8 Å². The molecule has 1 aliphatic heterocycles. The number of thiocarbonyl (C=S) groups is 1. The molecule has 1 fully saturated rings. The van der Waals surface area contributed by atoms with E-state index < -0.39 is 0 Å². The Labute approximate surface area is 218 Å². The number of hydrogen-bond donors (Lipinski definition) is 1. The minimum absolute atomic E-state index is 0.0889. The van der Waals surface area contributed by atoms with E-state index in [1.54, 1.807) is 0 Å². The molecule has 1 aromatic carbocycles. The number of ether oxygens (including phenoxy) is 1. The molecule has 0 bridgehead atoms. The molecule has 4 heterocycles. The van der Waals surface area contributed by atoms with Crippen molar-refractivity contribution in [2.24, 2.45) is 0 Å². The molecule has 2 unspecified atom stereocenters. The highest BCUT2D eigenvalue weighted by Gasteiger charge is 2.42. The Bertz CT molecular complexity index is 1380. The van der Waals surface area contributed by atoms with Crippen LogP contribution in [0.1, 0.15) is 54.1 Å². The Hall–Kier alpha value is -3.71. The van der Waals surface area contributed by atoms with Gasteiger partial charge < -0.3 is 19.5 Å². The number of pyridine rings is 2. The van der Waals surface area contributed by atoms with Crippen LogP contribution in [0.4, 0.5) is 5.69 Å². The van der Waals surface area contributed by atoms with Gasteiger partial charge in [0.2, 0.25) is 0 Å². The molecule has 3 aromatic heterocycles. The number of nitrogens with one attached hydrogen (secondary N) is 1. The number of anilines is 1. The molecule has 1 N–H and O–H groups in total. The maximum absolute atomic E-state index is 5.91. The number of nitrogens with zero attached hydrogens (tertiary/aromatic N) is 4. The molecule has 36 heavy (non-hydrogen) atoms. The van der Waals surface area contributed by atoms with Crippen LogP contribution < -0.4 is 15.0 Å². The van der Waals surface area contributed by atoms with Crippen LogP contribution in [0.3, 0.4) is 0 Å². The van der Waals surface area contributed by atoms with Crippen LogP contribution in [0, 0.1) is 20.8 Å². The van der Waals surface area contributed by atoms with E-state index in [9.17, 15) is 0 Å². The van der Waals surface area contributed by atoms with Crippen molar-refractivity contribution in [3.63, 3.8) is 0 Å². The third-order valence-electron chi connectivity index (χ3n) is 6.50. The topological polar surface area (TPSA) is 55.2 Å². The third kappa shape index (κ3) is 4.46. The zero-order chi connectivity index (χ0) is 25.4. The molecule has 184 valence electrons. The average molecular weight is 498 g/mol. The number of aromatic nitrogens is 3. The van der Waals surface area contributed by atoms with E-state index in [0.29, 0.717) is 5.11 Å². The second kappa shape index (κ2) is 9.74. The molecule has 5 rings (SSSR count). The normalized spacial score (nSPS) is 17.5. The average Bonchev–Trinajstić information content (AvgIpc) is 3.35. The molecule has 4 aromatic rings. The Morgan fingerprint density at radius 2 is 1.72 bits per heavy atom. The summed E-state index contributed by atoms with van der Waals surface area (Å²) in [5.74, 6) is 1.76. The molecule has 0 aliphatic carbocycles. The minimum atomic E-state index is -0.107. The molecule has 1 saturated heterocycles. The number of aryl methyl sites for hydroxylation is 2. The van der Waals surface area contributed by atoms with Crippen LogP contribution in [0.5, 0.6) is 5.75 Å². The fourth-order valence-corrected chi connectivity index (χ4v) is 5.33. The van der Waals surface area contributed by atoms with Crippen molar-refractivity contribution in [2.75, 3.05) is 4.90 Å². The number of rotatable bonds is 6. The van der Waals surface area contributed by atoms with Gasteiger partial charge in [0, 0.05) is 29.5 Å². The summed E-state index contributed by atoms with van der Waals surface area (Å²) in [7, 11) is 0. The molecular weight excluding hydrogens is 466 g/mol. The number of benzene rings is 1. The Morgan fingerprint density at radius 1 is 0.944 bits per heavy atom. The molecule has 6 nitrogen and oxygen atoms in total. The Morgan fingerprint density at radius 3 is 2.39 bits per heavy atom. The highest BCUT2D eigenvalue weighted by atomic mass is 32.1. The monoisotopic (exact) mass is 497 g/mol. The first kappa shape index (κ1) is 24.0. The number of hydrogen-bond acceptors (Lipinski definition) is 4. The lowest BCUT2D eigenvalue weighted by molar-refractivity contribution is 0.242. The van der Waals surface area contributed by atoms with Gasteiger partial charge in [-0.3, -0.25) is 4.98 Å². The summed E-state index contributed by atoms with van der Waals surface area (Å²) in [5, 5.41) is 4.23. The van der Waals surface area contributed by atoms with Crippen molar-refractivity contribution in [3.05, 3.63) is 101 Å². The van der Waals surface area contributed by atoms with E-state index in [1.165, 1.54) is 11.1 Å². The summed E-state index contributed by atoms with van der Waals surface area (Å²) >= 11 is 5.91. The molecule has 7 heteroatoms. The summed E-state index contributed by atoms with van der Waals surface area (Å²) in [6.45, 7) is 10.4. The predicted octanol–water partition coefficient (Wildman–Crippen LogP) is 6.16. The lowest BCUT2D eigenvalue weighted by atomic mass is 9.96. The fourth-order valence-electron chi connectivity index (χ4n) is 4.99. The van der Waals surface area contributed by atoms with Crippen LogP contribution >= 0.6 is 12.2 Å². The third-order valence-corrected chi connectivity index (χ3v) is 6.82. The Balaban J connectivity index is 1.63. The summed E-state index contributed by atoms with van der Waals surface area (Å²) in [6, 6.07) is 20.3. The van der Waals surface area contributed by atoms with E-state index in [-0.39, 0.29) is 18.2 Å². The Kier molecular flexibility index (Phi) is 6.49. The molecule has 1 aliphatic rings. The second-order valence-corrected chi connectivity index (χ2v) is 9.90. The zero-order valence-corrected chi connectivity index (χ0v) is 22.1. The van der Waals surface area contributed by atoms with Gasteiger partial charge in [-0.1, -0.05) is 6.07 Å². The van der Waals surface area contributed by atoms with Crippen LogP contribution in [0.25, 0.3) is 5.82 Å². The molecule has 0 saturated carbocycles. The van der Waals surface area contributed by atoms with Crippen LogP contribution in [0.2, 0.25) is 0 Å². The SMILES string of the molecule is Cc1ccnc(-n2c(C)cc(C3C(c4ccccn4)NC(=S)N3c3ccc(OC(C)C)cc3)c2C)c1. The zero-order valence-electron chi connectivity index (χ0n) is 21.3. The van der Waals surface area contributed by atoms with Gasteiger partial charge >= 0.3 is 0 Å². The van der Waals surface area contributed by atoms with Gasteiger partial charge in [-0.25, -0.2) is 4.98 Å². The summed E-state index contributed by atoms with van der Waals surface area (Å²) in [5.41, 5.74) is 6.57. The molecule has 0 spiro atoms.